The van der Waals surface area contributed by atoms with Crippen LogP contribution in [0, 0.1) is 0 Å². The topological polar surface area (TPSA) is 40.5 Å². The molecular weight excluding hydrogens is 201 g/mol. The molecule has 0 saturated carbocycles. The largest absolute Gasteiger partial charge is 0.452 e. The molecule has 0 bridgehead atoms. The van der Waals surface area contributed by atoms with Crippen molar-refractivity contribution in [2.24, 2.45) is 0 Å². The average Bonchev–Trinajstić information content (AvgIpc) is 2.02. The van der Waals surface area contributed by atoms with Gasteiger partial charge in [-0.2, -0.15) is 11.6 Å². The molecule has 0 aromatic carbocycles. The van der Waals surface area contributed by atoms with Crippen LogP contribution in [0.4, 0.5) is 0 Å². The van der Waals surface area contributed by atoms with E-state index in [4.69, 9.17) is 10.0 Å². The zero-order valence-electron chi connectivity index (χ0n) is 8.83. The molecule has 74 valence electrons. The molecule has 0 aliphatic carbocycles. The van der Waals surface area contributed by atoms with E-state index in [9.17, 15) is 0 Å². The lowest BCUT2D eigenvalue weighted by Gasteiger charge is -2.27. The van der Waals surface area contributed by atoms with E-state index in [1.54, 1.807) is 11.6 Å². The van der Waals surface area contributed by atoms with E-state index in [0.717, 1.165) is 6.56 Å². The first-order valence-electron chi connectivity index (χ1n) is 4.33. The van der Waals surface area contributed by atoms with Crippen molar-refractivity contribution in [3.63, 3.8) is 0 Å². The Kier molecular flexibility index (Phi) is 5.99. The Labute approximate surface area is 91.2 Å². The monoisotopic (exact) mass is 218 g/mol. The van der Waals surface area contributed by atoms with Gasteiger partial charge in [-0.3, -0.25) is 0 Å². The summed E-state index contributed by atoms with van der Waals surface area (Å²) in [4.78, 5) is 0. The Bertz CT molecular complexity index is 155. The fraction of sp³-hybridized carbons (Fsp3) is 1.00. The van der Waals surface area contributed by atoms with E-state index >= 15 is 0 Å². The van der Waals surface area contributed by atoms with Crippen molar-refractivity contribution in [1.82, 2.24) is 0 Å². The summed E-state index contributed by atoms with van der Waals surface area (Å²) in [6, 6.07) is 0. The molecule has 2 nitrogen and oxygen atoms in total. The van der Waals surface area contributed by atoms with Crippen molar-refractivity contribution in [2.75, 3.05) is 0 Å². The highest BCUT2D eigenvalue weighted by molar-refractivity contribution is 8.30. The molecule has 2 N–H and O–H groups in total. The van der Waals surface area contributed by atoms with Crippen LogP contribution in [0.15, 0.2) is 0 Å². The first-order chi connectivity index (χ1) is 5.83. The van der Waals surface area contributed by atoms with Gasteiger partial charge >= 0.3 is 6.76 Å². The molecule has 0 spiro atoms. The zero-order chi connectivity index (χ0) is 10.5. The second kappa shape index (κ2) is 5.64. The first kappa shape index (κ1) is 13.8. The van der Waals surface area contributed by atoms with Crippen LogP contribution in [0.1, 0.15) is 27.7 Å². The molecule has 0 rings (SSSR count). The van der Waals surface area contributed by atoms with Gasteiger partial charge in [-0.15, -0.1) is 0 Å². The Hall–Kier alpha value is 0.815. The van der Waals surface area contributed by atoms with Gasteiger partial charge in [-0.05, 0) is 4.65 Å². The SMILES string of the molecule is CC(C)(BO)SBC(C)(C)SBO. The molecule has 0 atom stereocenters. The highest BCUT2D eigenvalue weighted by atomic mass is 32.2. The van der Waals surface area contributed by atoms with Gasteiger partial charge < -0.3 is 10.0 Å². The summed E-state index contributed by atoms with van der Waals surface area (Å²) >= 11 is 3.28. The summed E-state index contributed by atoms with van der Waals surface area (Å²) in [5.41, 5.74) is 0. The second-order valence-electron chi connectivity index (χ2n) is 4.24. The van der Waals surface area contributed by atoms with Crippen LogP contribution >= 0.6 is 23.2 Å². The van der Waals surface area contributed by atoms with Gasteiger partial charge in [-0.1, -0.05) is 27.7 Å². The lowest BCUT2D eigenvalue weighted by Crippen LogP contribution is -2.31. The van der Waals surface area contributed by atoms with E-state index in [1.807, 2.05) is 13.8 Å². The van der Waals surface area contributed by atoms with Crippen LogP contribution in [0.25, 0.3) is 0 Å². The molecule has 0 heterocycles. The third-order valence-corrected chi connectivity index (χ3v) is 4.66. The molecule has 13 heavy (non-hydrogen) atoms. The molecule has 0 aliphatic rings. The van der Waals surface area contributed by atoms with Crippen molar-refractivity contribution in [1.29, 1.82) is 0 Å². The third-order valence-electron chi connectivity index (χ3n) is 1.65. The normalized spacial score (nSPS) is 12.5. The van der Waals surface area contributed by atoms with Crippen molar-refractivity contribution in [3.05, 3.63) is 0 Å². The van der Waals surface area contributed by atoms with Crippen LogP contribution in [-0.2, 0) is 0 Å². The van der Waals surface area contributed by atoms with Gasteiger partial charge in [-0.25, -0.2) is 11.6 Å². The van der Waals surface area contributed by atoms with Gasteiger partial charge in [0.2, 0.25) is 6.56 Å². The van der Waals surface area contributed by atoms with Crippen LogP contribution in [0.2, 0.25) is 0 Å². The van der Waals surface area contributed by atoms with Crippen molar-refractivity contribution in [3.8, 4) is 0 Å². The molecule has 0 unspecified atom stereocenters. The molecular formula is C6H17B3O2S2. The summed E-state index contributed by atoms with van der Waals surface area (Å²) in [5.74, 6) is 0. The van der Waals surface area contributed by atoms with Gasteiger partial charge in [0.25, 0.3) is 7.48 Å². The predicted molar refractivity (Wildman–Crippen MR) is 69.2 cm³/mol. The van der Waals surface area contributed by atoms with E-state index in [-0.39, 0.29) is 23.5 Å². The van der Waals surface area contributed by atoms with E-state index in [1.165, 1.54) is 11.6 Å². The molecule has 0 amide bonds. The standard InChI is InChI=1S/C6H17B3O2S2/c1-5(2,7-10)12-8-6(3,4)13-9-11/h7-11H,1-4H3. The molecule has 7 heteroatoms. The third kappa shape index (κ3) is 6.83. The van der Waals surface area contributed by atoms with E-state index < -0.39 is 0 Å². The van der Waals surface area contributed by atoms with E-state index in [2.05, 4.69) is 13.8 Å². The van der Waals surface area contributed by atoms with Crippen LogP contribution in [-0.4, -0.2) is 40.1 Å². The van der Waals surface area contributed by atoms with Crippen molar-refractivity contribution < 1.29 is 10.0 Å². The molecule has 0 aromatic heterocycles. The minimum atomic E-state index is -0.0761. The fourth-order valence-corrected chi connectivity index (χ4v) is 2.32. The molecule has 0 saturated heterocycles. The Morgan fingerprint density at radius 3 is 1.85 bits per heavy atom. The smallest absolute Gasteiger partial charge is 0.339 e. The van der Waals surface area contributed by atoms with Gasteiger partial charge in [0, 0.05) is 4.65 Å². The highest BCUT2D eigenvalue weighted by Crippen LogP contribution is 2.30. The average molecular weight is 218 g/mol. The highest BCUT2D eigenvalue weighted by Gasteiger charge is 2.26. The van der Waals surface area contributed by atoms with Crippen molar-refractivity contribution >= 4 is 44.0 Å². The van der Waals surface area contributed by atoms with Gasteiger partial charge in [0.1, 0.15) is 0 Å². The molecule has 0 fully saturated rings. The van der Waals surface area contributed by atoms with E-state index in [0.29, 0.717) is 0 Å². The number of hydrogen-bond acceptors (Lipinski definition) is 4. The first-order valence-corrected chi connectivity index (χ1v) is 6.30. The molecule has 0 radical (unpaired) electrons. The Balaban J connectivity index is 3.86. The van der Waals surface area contributed by atoms with Crippen LogP contribution < -0.4 is 0 Å². The Morgan fingerprint density at radius 2 is 1.46 bits per heavy atom. The van der Waals surface area contributed by atoms with Crippen LogP contribution in [0.5, 0.6) is 0 Å². The summed E-state index contributed by atoms with van der Waals surface area (Å²) in [7, 11) is 0.192. The Morgan fingerprint density at radius 1 is 0.923 bits per heavy atom. The quantitative estimate of drug-likeness (QED) is 0.609. The van der Waals surface area contributed by atoms with Crippen LogP contribution in [0.3, 0.4) is 0 Å². The molecule has 0 aromatic rings. The maximum absolute atomic E-state index is 9.04. The number of rotatable bonds is 6. The maximum Gasteiger partial charge on any atom is 0.339 e. The maximum atomic E-state index is 9.04. The lowest BCUT2D eigenvalue weighted by molar-refractivity contribution is 0.582. The van der Waals surface area contributed by atoms with Gasteiger partial charge in [0.15, 0.2) is 0 Å². The lowest BCUT2D eigenvalue weighted by atomic mass is 9.83. The summed E-state index contributed by atoms with van der Waals surface area (Å²) in [6.45, 7) is 9.36. The summed E-state index contributed by atoms with van der Waals surface area (Å²) in [5, 5.41) is 17.8. The summed E-state index contributed by atoms with van der Waals surface area (Å²) < 4.78 is -0.000851. The minimum Gasteiger partial charge on any atom is -0.452 e. The zero-order valence-corrected chi connectivity index (χ0v) is 10.5. The molecule has 0 aliphatic heterocycles. The number of hydrogen-bond donors (Lipinski definition) is 2. The predicted octanol–water partition coefficient (Wildman–Crippen LogP) is -0.121. The minimum absolute atomic E-state index is 0.0753. The second-order valence-corrected chi connectivity index (χ2v) is 7.57. The van der Waals surface area contributed by atoms with Gasteiger partial charge in [0.05, 0.1) is 0 Å². The summed E-state index contributed by atoms with van der Waals surface area (Å²) in [6.07, 6.45) is 0. The van der Waals surface area contributed by atoms with Crippen molar-refractivity contribution in [2.45, 2.75) is 37.0 Å². The fourth-order valence-electron chi connectivity index (χ4n) is 0.631.